The normalized spacial score (nSPS) is 13.9. The number of imide groups is 1. The van der Waals surface area contributed by atoms with Crippen LogP contribution in [-0.4, -0.2) is 31.8 Å². The number of fused-ring (bicyclic) bond motifs is 1. The Balaban J connectivity index is 1.54. The van der Waals surface area contributed by atoms with E-state index in [1.807, 2.05) is 0 Å². The molecule has 1 aliphatic heterocycles. The average molecular weight is 536 g/mol. The van der Waals surface area contributed by atoms with E-state index in [0.717, 1.165) is 22.3 Å². The Hall–Kier alpha value is -2.69. The maximum Gasteiger partial charge on any atom is 0.265 e. The molecule has 2 heterocycles. The van der Waals surface area contributed by atoms with Gasteiger partial charge in [-0.05, 0) is 46.8 Å². The molecule has 1 aliphatic rings. The second kappa shape index (κ2) is 8.68. The predicted molar refractivity (Wildman–Crippen MR) is 121 cm³/mol. The SMILES string of the molecule is O=C(Cc1ccc(N2C(=O)Cc3ccc(Br)cc3C2=O)c(F)c1)CS(=O)(=O)c1cccs1. The number of halogens is 2. The molecule has 0 radical (unpaired) electrons. The van der Waals surface area contributed by atoms with Gasteiger partial charge in [-0.25, -0.2) is 17.7 Å². The van der Waals surface area contributed by atoms with Crippen molar-refractivity contribution >= 4 is 60.4 Å². The Morgan fingerprint density at radius 1 is 1.12 bits per heavy atom. The zero-order valence-electron chi connectivity index (χ0n) is 16.4. The molecule has 3 aromatic rings. The van der Waals surface area contributed by atoms with E-state index in [4.69, 9.17) is 0 Å². The number of sulfone groups is 1. The monoisotopic (exact) mass is 535 g/mol. The maximum absolute atomic E-state index is 14.9. The van der Waals surface area contributed by atoms with Gasteiger partial charge < -0.3 is 0 Å². The minimum Gasteiger partial charge on any atom is -0.298 e. The van der Waals surface area contributed by atoms with Gasteiger partial charge in [-0.15, -0.1) is 11.3 Å². The summed E-state index contributed by atoms with van der Waals surface area (Å²) in [5.41, 5.74) is 0.899. The van der Waals surface area contributed by atoms with Gasteiger partial charge in [0, 0.05) is 16.5 Å². The summed E-state index contributed by atoms with van der Waals surface area (Å²) in [5.74, 6) is -3.33. The highest BCUT2D eigenvalue weighted by molar-refractivity contribution is 9.10. The Bertz CT molecular complexity index is 1350. The summed E-state index contributed by atoms with van der Waals surface area (Å²) in [6.07, 6.45) is -0.339. The topological polar surface area (TPSA) is 88.6 Å². The van der Waals surface area contributed by atoms with Gasteiger partial charge in [0.2, 0.25) is 5.91 Å². The highest BCUT2D eigenvalue weighted by Gasteiger charge is 2.34. The standard InChI is InChI=1S/C22H15BrFNO5S2/c23-15-5-4-14-10-20(27)25(22(28)17(14)11-15)19-6-3-13(9-18(19)24)8-16(26)12-32(29,30)21-2-1-7-31-21/h1-7,9,11H,8,10,12H2. The zero-order chi connectivity index (χ0) is 23.0. The highest BCUT2D eigenvalue weighted by Crippen LogP contribution is 2.30. The number of nitrogens with zero attached hydrogens (tertiary/aromatic N) is 1. The lowest BCUT2D eigenvalue weighted by Gasteiger charge is -2.27. The van der Waals surface area contributed by atoms with Crippen LogP contribution >= 0.6 is 27.3 Å². The Morgan fingerprint density at radius 2 is 1.91 bits per heavy atom. The van der Waals surface area contributed by atoms with E-state index in [2.05, 4.69) is 15.9 Å². The molecule has 2 amide bonds. The third-order valence-corrected chi connectivity index (χ3v) is 8.56. The molecule has 0 saturated carbocycles. The van der Waals surface area contributed by atoms with Crippen molar-refractivity contribution in [3.63, 3.8) is 0 Å². The number of benzene rings is 2. The molecule has 32 heavy (non-hydrogen) atoms. The highest BCUT2D eigenvalue weighted by atomic mass is 79.9. The molecule has 0 unspecified atom stereocenters. The van der Waals surface area contributed by atoms with E-state index in [0.29, 0.717) is 15.6 Å². The molecule has 0 N–H and O–H groups in total. The molecule has 0 fully saturated rings. The van der Waals surface area contributed by atoms with Crippen LogP contribution < -0.4 is 4.90 Å². The summed E-state index contributed by atoms with van der Waals surface area (Å²) in [4.78, 5) is 38.5. The number of ketones is 1. The quantitative estimate of drug-likeness (QED) is 0.445. The van der Waals surface area contributed by atoms with Gasteiger partial charge in [-0.2, -0.15) is 0 Å². The molecule has 0 spiro atoms. The number of thiophene rings is 1. The molecule has 164 valence electrons. The van der Waals surface area contributed by atoms with Crippen LogP contribution in [0.25, 0.3) is 0 Å². The lowest BCUT2D eigenvalue weighted by atomic mass is 9.97. The zero-order valence-corrected chi connectivity index (χ0v) is 19.6. The fraction of sp³-hybridized carbons (Fsp3) is 0.136. The number of rotatable bonds is 6. The van der Waals surface area contributed by atoms with Gasteiger partial charge >= 0.3 is 0 Å². The molecule has 2 aromatic carbocycles. The van der Waals surface area contributed by atoms with Crippen molar-refractivity contribution in [2.75, 3.05) is 10.7 Å². The number of hydrogen-bond acceptors (Lipinski definition) is 6. The lowest BCUT2D eigenvalue weighted by Crippen LogP contribution is -2.43. The number of Topliss-reactive ketones (excluding diaryl/α,β-unsaturated/α-hetero) is 1. The molecule has 0 bridgehead atoms. The van der Waals surface area contributed by atoms with Crippen LogP contribution in [0.3, 0.4) is 0 Å². The smallest absolute Gasteiger partial charge is 0.265 e. The third-order valence-electron chi connectivity index (χ3n) is 4.90. The van der Waals surface area contributed by atoms with Crippen LogP contribution in [0, 0.1) is 5.82 Å². The first kappa shape index (κ1) is 22.5. The molecule has 0 atom stereocenters. The summed E-state index contributed by atoms with van der Waals surface area (Å²) in [6.45, 7) is 0. The van der Waals surface area contributed by atoms with Crippen LogP contribution in [0.1, 0.15) is 21.5 Å². The predicted octanol–water partition coefficient (Wildman–Crippen LogP) is 3.96. The van der Waals surface area contributed by atoms with Crippen LogP contribution in [0.5, 0.6) is 0 Å². The lowest BCUT2D eigenvalue weighted by molar-refractivity contribution is -0.118. The number of hydrogen-bond donors (Lipinski definition) is 0. The number of amides is 2. The van der Waals surface area contributed by atoms with Crippen molar-refractivity contribution in [1.29, 1.82) is 0 Å². The van der Waals surface area contributed by atoms with E-state index in [1.165, 1.54) is 18.2 Å². The second-order valence-electron chi connectivity index (χ2n) is 7.20. The van der Waals surface area contributed by atoms with Crippen LogP contribution in [0.2, 0.25) is 0 Å². The maximum atomic E-state index is 14.9. The van der Waals surface area contributed by atoms with Gasteiger partial charge in [0.1, 0.15) is 15.8 Å². The average Bonchev–Trinajstić information content (AvgIpc) is 3.26. The summed E-state index contributed by atoms with van der Waals surface area (Å²) in [7, 11) is -3.74. The minimum atomic E-state index is -3.74. The number of carbonyl (C=O) groups excluding carboxylic acids is 3. The van der Waals surface area contributed by atoms with Gasteiger partial charge in [-0.3, -0.25) is 14.4 Å². The molecule has 1 aromatic heterocycles. The molecule has 4 rings (SSSR count). The van der Waals surface area contributed by atoms with Crippen LogP contribution in [0.15, 0.2) is 62.6 Å². The molecule has 0 saturated heterocycles. The molecule has 10 heteroatoms. The number of carbonyl (C=O) groups is 3. The van der Waals surface area contributed by atoms with Crippen molar-refractivity contribution in [2.24, 2.45) is 0 Å². The van der Waals surface area contributed by atoms with E-state index in [-0.39, 0.29) is 28.3 Å². The van der Waals surface area contributed by atoms with Crippen molar-refractivity contribution in [2.45, 2.75) is 17.1 Å². The Labute approximate surface area is 195 Å². The molecule has 6 nitrogen and oxygen atoms in total. The fourth-order valence-electron chi connectivity index (χ4n) is 3.47. The van der Waals surface area contributed by atoms with Crippen molar-refractivity contribution in [1.82, 2.24) is 0 Å². The first-order valence-electron chi connectivity index (χ1n) is 9.38. The first-order valence-corrected chi connectivity index (χ1v) is 12.7. The third kappa shape index (κ3) is 4.43. The summed E-state index contributed by atoms with van der Waals surface area (Å²) in [5, 5.41) is 1.60. The van der Waals surface area contributed by atoms with Gasteiger partial charge in [-0.1, -0.05) is 34.1 Å². The summed E-state index contributed by atoms with van der Waals surface area (Å²) in [6, 6.07) is 11.7. The summed E-state index contributed by atoms with van der Waals surface area (Å²) >= 11 is 4.31. The van der Waals surface area contributed by atoms with Gasteiger partial charge in [0.25, 0.3) is 5.91 Å². The molecular weight excluding hydrogens is 521 g/mol. The Kier molecular flexibility index (Phi) is 6.11. The van der Waals surface area contributed by atoms with Crippen LogP contribution in [0.4, 0.5) is 10.1 Å². The molecule has 0 aliphatic carbocycles. The summed E-state index contributed by atoms with van der Waals surface area (Å²) < 4.78 is 40.1. The van der Waals surface area contributed by atoms with E-state index in [9.17, 15) is 27.2 Å². The minimum absolute atomic E-state index is 0.0470. The first-order chi connectivity index (χ1) is 15.2. The van der Waals surface area contributed by atoms with Crippen molar-refractivity contribution in [3.05, 3.63) is 80.9 Å². The van der Waals surface area contributed by atoms with E-state index >= 15 is 0 Å². The van der Waals surface area contributed by atoms with Crippen LogP contribution in [-0.2, 0) is 32.3 Å². The van der Waals surface area contributed by atoms with Gasteiger partial charge in [0.05, 0.1) is 12.1 Å². The van der Waals surface area contributed by atoms with Crippen molar-refractivity contribution < 1.29 is 27.2 Å². The molecular formula is C22H15BrFNO5S2. The number of anilines is 1. The fourth-order valence-corrected chi connectivity index (χ4v) is 6.16. The van der Waals surface area contributed by atoms with Gasteiger partial charge in [0.15, 0.2) is 15.6 Å². The largest absolute Gasteiger partial charge is 0.298 e. The van der Waals surface area contributed by atoms with E-state index < -0.39 is 39.0 Å². The second-order valence-corrected chi connectivity index (χ2v) is 11.3. The van der Waals surface area contributed by atoms with E-state index in [1.54, 1.807) is 29.6 Å². The Morgan fingerprint density at radius 3 is 2.59 bits per heavy atom. The van der Waals surface area contributed by atoms with Crippen molar-refractivity contribution in [3.8, 4) is 0 Å².